The molecule has 6 heteroatoms. The Morgan fingerprint density at radius 3 is 2.25 bits per heavy atom. The first-order chi connectivity index (χ1) is 14.6. The number of hydrogen-bond acceptors (Lipinski definition) is 3. The van der Waals surface area contributed by atoms with Crippen LogP contribution in [0.4, 0.5) is 0 Å². The second-order valence-electron chi connectivity index (χ2n) is 9.08. The second kappa shape index (κ2) is 13.2. The van der Waals surface area contributed by atoms with E-state index in [2.05, 4.69) is 46.2 Å². The summed E-state index contributed by atoms with van der Waals surface area (Å²) >= 11 is 6.23. The van der Waals surface area contributed by atoms with Crippen LogP contribution in [-0.2, 0) is 12.0 Å². The van der Waals surface area contributed by atoms with E-state index in [1.54, 1.807) is 0 Å². The van der Waals surface area contributed by atoms with Crippen LogP contribution >= 0.6 is 36.4 Å². The number of nitrogens with zero attached hydrogens (tertiary/aromatic N) is 2. The van der Waals surface area contributed by atoms with Crippen LogP contribution in [0.5, 0.6) is 0 Å². The van der Waals surface area contributed by atoms with E-state index in [9.17, 15) is 5.11 Å². The van der Waals surface area contributed by atoms with E-state index >= 15 is 0 Å². The summed E-state index contributed by atoms with van der Waals surface area (Å²) in [5, 5.41) is 12.3. The number of piperazine rings is 1. The number of benzene rings is 2. The molecule has 0 bridgehead atoms. The average molecular weight is 500 g/mol. The first-order valence-corrected chi connectivity index (χ1v) is 12.0. The molecule has 1 saturated carbocycles. The molecule has 2 aromatic rings. The highest BCUT2D eigenvalue weighted by Crippen LogP contribution is 2.44. The summed E-state index contributed by atoms with van der Waals surface area (Å²) in [7, 11) is 0. The minimum absolute atomic E-state index is 0. The zero-order valence-electron chi connectivity index (χ0n) is 18.8. The number of aliphatic hydroxyl groups is 1. The fraction of sp³-hybridized carbons (Fsp3) is 0.538. The Morgan fingerprint density at radius 1 is 0.875 bits per heavy atom. The van der Waals surface area contributed by atoms with Crippen LogP contribution < -0.4 is 0 Å². The topological polar surface area (TPSA) is 26.7 Å². The molecule has 2 aromatic carbocycles. The maximum atomic E-state index is 11.6. The monoisotopic (exact) mass is 498 g/mol. The first kappa shape index (κ1) is 27.4. The Labute approximate surface area is 211 Å². The van der Waals surface area contributed by atoms with Crippen LogP contribution in [0.1, 0.15) is 43.2 Å². The minimum atomic E-state index is -0.722. The number of halogens is 3. The lowest BCUT2D eigenvalue weighted by atomic mass is 9.70. The van der Waals surface area contributed by atoms with Gasteiger partial charge in [-0.15, -0.1) is 24.8 Å². The molecule has 0 aromatic heterocycles. The van der Waals surface area contributed by atoms with Crippen molar-refractivity contribution in [3.05, 3.63) is 70.7 Å². The van der Waals surface area contributed by atoms with Crippen molar-refractivity contribution in [1.29, 1.82) is 0 Å². The highest BCUT2D eigenvalue weighted by Gasteiger charge is 2.40. The van der Waals surface area contributed by atoms with Gasteiger partial charge in [0.1, 0.15) is 0 Å². The van der Waals surface area contributed by atoms with Crippen molar-refractivity contribution in [3.8, 4) is 0 Å². The van der Waals surface area contributed by atoms with Gasteiger partial charge in [0.05, 0.1) is 5.60 Å². The van der Waals surface area contributed by atoms with Gasteiger partial charge in [0, 0.05) is 37.7 Å². The molecule has 2 fully saturated rings. The summed E-state index contributed by atoms with van der Waals surface area (Å²) in [6, 6.07) is 18.7. The first-order valence-electron chi connectivity index (χ1n) is 11.6. The summed E-state index contributed by atoms with van der Waals surface area (Å²) in [6.07, 6.45) is 6.48. The minimum Gasteiger partial charge on any atom is -0.385 e. The van der Waals surface area contributed by atoms with E-state index < -0.39 is 5.60 Å². The highest BCUT2D eigenvalue weighted by atomic mass is 35.5. The molecule has 0 spiro atoms. The molecule has 3 nitrogen and oxygen atoms in total. The maximum absolute atomic E-state index is 11.6. The van der Waals surface area contributed by atoms with Crippen LogP contribution in [0.2, 0.25) is 5.02 Å². The summed E-state index contributed by atoms with van der Waals surface area (Å²) in [4.78, 5) is 5.18. The maximum Gasteiger partial charge on any atom is 0.0925 e. The molecule has 1 N–H and O–H groups in total. The molecule has 0 amide bonds. The van der Waals surface area contributed by atoms with Crippen LogP contribution in [0.3, 0.4) is 0 Å². The lowest BCUT2D eigenvalue weighted by molar-refractivity contribution is -0.0609. The Kier molecular flexibility index (Phi) is 11.3. The van der Waals surface area contributed by atoms with E-state index in [4.69, 9.17) is 11.6 Å². The van der Waals surface area contributed by atoms with Gasteiger partial charge in [-0.1, -0.05) is 66.9 Å². The van der Waals surface area contributed by atoms with E-state index in [1.165, 1.54) is 12.0 Å². The van der Waals surface area contributed by atoms with Gasteiger partial charge in [0.15, 0.2) is 0 Å². The van der Waals surface area contributed by atoms with E-state index in [1.807, 2.05) is 18.2 Å². The molecule has 1 saturated heterocycles. The van der Waals surface area contributed by atoms with Crippen molar-refractivity contribution < 1.29 is 5.11 Å². The molecule has 1 aliphatic carbocycles. The molecule has 1 aliphatic heterocycles. The largest absolute Gasteiger partial charge is 0.385 e. The molecule has 32 heavy (non-hydrogen) atoms. The predicted octanol–water partition coefficient (Wildman–Crippen LogP) is 5.81. The van der Waals surface area contributed by atoms with Crippen molar-refractivity contribution in [2.24, 2.45) is 5.92 Å². The number of rotatable bonds is 7. The smallest absolute Gasteiger partial charge is 0.0925 e. The third-order valence-corrected chi connectivity index (χ3v) is 7.41. The van der Waals surface area contributed by atoms with Crippen molar-refractivity contribution in [2.45, 2.75) is 44.1 Å². The zero-order chi connectivity index (χ0) is 20.8. The Balaban J connectivity index is 0.00000181. The van der Waals surface area contributed by atoms with Gasteiger partial charge in [-0.25, -0.2) is 0 Å². The Hall–Kier alpha value is -0.810. The van der Waals surface area contributed by atoms with Gasteiger partial charge >= 0.3 is 0 Å². The Bertz CT molecular complexity index is 799. The molecule has 4 rings (SSSR count). The Morgan fingerprint density at radius 2 is 1.56 bits per heavy atom. The normalized spacial score (nSPS) is 24.4. The molecule has 1 heterocycles. The quantitative estimate of drug-likeness (QED) is 0.520. The SMILES string of the molecule is Cl.Cl.OC1(c2cccc(Cl)c2)CCCCC1CCN1CCN(CCc2ccccc2)CC1. The molecule has 2 aliphatic rings. The van der Waals surface area contributed by atoms with Crippen LogP contribution in [0, 0.1) is 5.92 Å². The van der Waals surface area contributed by atoms with Crippen molar-refractivity contribution in [2.75, 3.05) is 39.3 Å². The molecule has 0 radical (unpaired) electrons. The second-order valence-corrected chi connectivity index (χ2v) is 9.52. The van der Waals surface area contributed by atoms with Gasteiger partial charge in [0.25, 0.3) is 0 Å². The van der Waals surface area contributed by atoms with Gasteiger partial charge in [-0.05, 0) is 61.4 Å². The van der Waals surface area contributed by atoms with Crippen LogP contribution in [0.25, 0.3) is 0 Å². The molecular weight excluding hydrogens is 463 g/mol. The van der Waals surface area contributed by atoms with Crippen molar-refractivity contribution >= 4 is 36.4 Å². The fourth-order valence-corrected chi connectivity index (χ4v) is 5.45. The van der Waals surface area contributed by atoms with E-state index in [0.29, 0.717) is 5.92 Å². The number of hydrogen-bond donors (Lipinski definition) is 1. The van der Waals surface area contributed by atoms with E-state index in [-0.39, 0.29) is 24.8 Å². The van der Waals surface area contributed by atoms with Gasteiger partial charge in [-0.3, -0.25) is 0 Å². The summed E-state index contributed by atoms with van der Waals surface area (Å²) in [5.74, 6) is 0.320. The predicted molar refractivity (Wildman–Crippen MR) is 139 cm³/mol. The lowest BCUT2D eigenvalue weighted by Crippen LogP contribution is -2.48. The summed E-state index contributed by atoms with van der Waals surface area (Å²) < 4.78 is 0. The lowest BCUT2D eigenvalue weighted by Gasteiger charge is -2.42. The fourth-order valence-electron chi connectivity index (χ4n) is 5.26. The zero-order valence-corrected chi connectivity index (χ0v) is 21.2. The standard InChI is InChI=1S/C26H35ClN2O.2ClH/c27-25-11-6-10-24(21-25)26(30)14-5-4-9-23(26)13-16-29-19-17-28(18-20-29)15-12-22-7-2-1-3-8-22;;/h1-3,6-8,10-11,21,23,30H,4-5,9,12-20H2;2*1H. The van der Waals surface area contributed by atoms with Crippen molar-refractivity contribution in [3.63, 3.8) is 0 Å². The molecule has 2 unspecified atom stereocenters. The molecule has 2 atom stereocenters. The molecule has 178 valence electrons. The van der Waals surface area contributed by atoms with Crippen LogP contribution in [0.15, 0.2) is 54.6 Å². The van der Waals surface area contributed by atoms with Crippen molar-refractivity contribution in [1.82, 2.24) is 9.80 Å². The van der Waals surface area contributed by atoms with Crippen LogP contribution in [-0.4, -0.2) is 54.2 Å². The third kappa shape index (κ3) is 7.09. The van der Waals surface area contributed by atoms with Gasteiger partial charge in [-0.2, -0.15) is 0 Å². The molecular formula is C26H37Cl3N2O. The van der Waals surface area contributed by atoms with E-state index in [0.717, 1.165) is 82.0 Å². The average Bonchev–Trinajstić information content (AvgIpc) is 2.78. The summed E-state index contributed by atoms with van der Waals surface area (Å²) in [5.41, 5.74) is 1.71. The van der Waals surface area contributed by atoms with Gasteiger partial charge in [0.2, 0.25) is 0 Å². The third-order valence-electron chi connectivity index (χ3n) is 7.18. The summed E-state index contributed by atoms with van der Waals surface area (Å²) in [6.45, 7) is 6.80. The van der Waals surface area contributed by atoms with Gasteiger partial charge < -0.3 is 14.9 Å². The highest BCUT2D eigenvalue weighted by molar-refractivity contribution is 6.30.